The molecule has 0 aromatic heterocycles. The summed E-state index contributed by atoms with van der Waals surface area (Å²) in [6.45, 7) is 3.92. The molecule has 2 N–H and O–H groups in total. The summed E-state index contributed by atoms with van der Waals surface area (Å²) in [5.41, 5.74) is 0.737. The van der Waals surface area contributed by atoms with Crippen molar-refractivity contribution in [3.8, 4) is 5.75 Å². The zero-order valence-corrected chi connectivity index (χ0v) is 13.0. The quantitative estimate of drug-likeness (QED) is 0.875. The Morgan fingerprint density at radius 1 is 1.09 bits per heavy atom. The predicted octanol–water partition coefficient (Wildman–Crippen LogP) is 3.30. The van der Waals surface area contributed by atoms with Gasteiger partial charge in [-0.15, -0.1) is 0 Å². The number of benzene rings is 1. The fourth-order valence-corrected chi connectivity index (χ4v) is 2.74. The van der Waals surface area contributed by atoms with E-state index < -0.39 is 5.97 Å². The Balaban J connectivity index is 1.86. The average molecular weight is 305 g/mol. The number of ether oxygens (including phenoxy) is 1. The first-order chi connectivity index (χ1) is 10.5. The summed E-state index contributed by atoms with van der Waals surface area (Å²) in [5.74, 6) is -0.394. The van der Waals surface area contributed by atoms with E-state index in [0.717, 1.165) is 11.4 Å². The molecule has 1 fully saturated rings. The number of anilines is 1. The molecule has 120 valence electrons. The second-order valence-corrected chi connectivity index (χ2v) is 6.07. The van der Waals surface area contributed by atoms with Crippen LogP contribution in [0, 0.1) is 11.8 Å². The highest BCUT2D eigenvalue weighted by atomic mass is 16.5. The third kappa shape index (κ3) is 4.48. The highest BCUT2D eigenvalue weighted by Crippen LogP contribution is 2.30. The fourth-order valence-electron chi connectivity index (χ4n) is 2.74. The van der Waals surface area contributed by atoms with E-state index in [0.29, 0.717) is 25.7 Å². The molecule has 2 rings (SSSR count). The number of aliphatic carboxylic acids is 1. The molecule has 1 saturated carbocycles. The van der Waals surface area contributed by atoms with Crippen LogP contribution in [0.25, 0.3) is 0 Å². The smallest absolute Gasteiger partial charge is 0.306 e. The summed E-state index contributed by atoms with van der Waals surface area (Å²) in [5, 5.41) is 11.9. The van der Waals surface area contributed by atoms with Gasteiger partial charge in [0.05, 0.1) is 12.0 Å². The molecule has 0 unspecified atom stereocenters. The summed E-state index contributed by atoms with van der Waals surface area (Å²) in [6.07, 6.45) is 2.54. The minimum Gasteiger partial charge on any atom is -0.491 e. The lowest BCUT2D eigenvalue weighted by Gasteiger charge is -2.25. The van der Waals surface area contributed by atoms with Crippen molar-refractivity contribution in [3.63, 3.8) is 0 Å². The zero-order chi connectivity index (χ0) is 16.1. The molecular weight excluding hydrogens is 282 g/mol. The standard InChI is InChI=1S/C17H23NO4/c1-11(2)22-15-9-7-14(8-10-15)18-16(19)12-3-5-13(6-4-12)17(20)21/h7-13H,3-6H2,1-2H3,(H,18,19)(H,20,21). The molecule has 0 heterocycles. The summed E-state index contributed by atoms with van der Waals surface area (Å²) in [7, 11) is 0. The number of carboxylic acids is 1. The van der Waals surface area contributed by atoms with E-state index in [1.165, 1.54) is 0 Å². The number of carbonyl (C=O) groups excluding carboxylic acids is 1. The normalized spacial score (nSPS) is 21.4. The second-order valence-electron chi connectivity index (χ2n) is 6.07. The molecule has 1 amide bonds. The average Bonchev–Trinajstić information content (AvgIpc) is 2.49. The van der Waals surface area contributed by atoms with Gasteiger partial charge in [-0.25, -0.2) is 0 Å². The third-order valence-electron chi connectivity index (χ3n) is 3.94. The Kier molecular flexibility index (Phi) is 5.41. The van der Waals surface area contributed by atoms with E-state index in [1.54, 1.807) is 0 Å². The monoisotopic (exact) mass is 305 g/mol. The van der Waals surface area contributed by atoms with E-state index >= 15 is 0 Å². The number of nitrogens with one attached hydrogen (secondary N) is 1. The van der Waals surface area contributed by atoms with Crippen LogP contribution in [0.4, 0.5) is 5.69 Å². The molecule has 1 aromatic rings. The van der Waals surface area contributed by atoms with Crippen LogP contribution in [0.1, 0.15) is 39.5 Å². The van der Waals surface area contributed by atoms with Crippen LogP contribution in [0.3, 0.4) is 0 Å². The molecule has 1 aliphatic rings. The Hall–Kier alpha value is -2.04. The first kappa shape index (κ1) is 16.3. The molecule has 0 saturated heterocycles. The van der Waals surface area contributed by atoms with Crippen molar-refractivity contribution >= 4 is 17.6 Å². The van der Waals surface area contributed by atoms with Gasteiger partial charge in [-0.05, 0) is 63.8 Å². The van der Waals surface area contributed by atoms with E-state index in [1.807, 2.05) is 38.1 Å². The van der Waals surface area contributed by atoms with E-state index in [9.17, 15) is 9.59 Å². The minimum atomic E-state index is -0.750. The van der Waals surface area contributed by atoms with Crippen molar-refractivity contribution in [1.82, 2.24) is 0 Å². The van der Waals surface area contributed by atoms with Gasteiger partial charge in [0.25, 0.3) is 0 Å². The topological polar surface area (TPSA) is 75.6 Å². The third-order valence-corrected chi connectivity index (χ3v) is 3.94. The molecule has 0 aliphatic heterocycles. The van der Waals surface area contributed by atoms with Crippen molar-refractivity contribution in [2.24, 2.45) is 11.8 Å². The van der Waals surface area contributed by atoms with Crippen LogP contribution >= 0.6 is 0 Å². The van der Waals surface area contributed by atoms with Crippen LogP contribution < -0.4 is 10.1 Å². The molecule has 22 heavy (non-hydrogen) atoms. The molecule has 0 radical (unpaired) electrons. The number of hydrogen-bond acceptors (Lipinski definition) is 3. The highest BCUT2D eigenvalue weighted by molar-refractivity contribution is 5.92. The Morgan fingerprint density at radius 2 is 1.64 bits per heavy atom. The Labute approximate surface area is 130 Å². The second kappa shape index (κ2) is 7.29. The van der Waals surface area contributed by atoms with Gasteiger partial charge in [-0.2, -0.15) is 0 Å². The number of carboxylic acid groups (broad SMARTS) is 1. The lowest BCUT2D eigenvalue weighted by Crippen LogP contribution is -2.29. The lowest BCUT2D eigenvalue weighted by atomic mass is 9.81. The highest BCUT2D eigenvalue weighted by Gasteiger charge is 2.29. The Morgan fingerprint density at radius 3 is 2.14 bits per heavy atom. The van der Waals surface area contributed by atoms with Crippen molar-refractivity contribution in [2.75, 3.05) is 5.32 Å². The largest absolute Gasteiger partial charge is 0.491 e. The van der Waals surface area contributed by atoms with Gasteiger partial charge in [0.1, 0.15) is 5.75 Å². The van der Waals surface area contributed by atoms with Gasteiger partial charge < -0.3 is 15.2 Å². The molecule has 1 aliphatic carbocycles. The van der Waals surface area contributed by atoms with Crippen molar-refractivity contribution in [2.45, 2.75) is 45.6 Å². The summed E-state index contributed by atoms with van der Waals surface area (Å²) in [6, 6.07) is 7.30. The van der Waals surface area contributed by atoms with Gasteiger partial charge >= 0.3 is 5.97 Å². The number of rotatable bonds is 5. The molecular formula is C17H23NO4. The maximum Gasteiger partial charge on any atom is 0.306 e. The van der Waals surface area contributed by atoms with Crippen LogP contribution in [0.5, 0.6) is 5.75 Å². The van der Waals surface area contributed by atoms with Crippen LogP contribution in [-0.2, 0) is 9.59 Å². The van der Waals surface area contributed by atoms with Gasteiger partial charge in [-0.3, -0.25) is 9.59 Å². The number of carbonyl (C=O) groups is 2. The van der Waals surface area contributed by atoms with Gasteiger partial charge in [0.15, 0.2) is 0 Å². The van der Waals surface area contributed by atoms with E-state index in [2.05, 4.69) is 5.32 Å². The molecule has 1 aromatic carbocycles. The minimum absolute atomic E-state index is 0.0265. The summed E-state index contributed by atoms with van der Waals surface area (Å²) in [4.78, 5) is 23.1. The summed E-state index contributed by atoms with van der Waals surface area (Å²) >= 11 is 0. The predicted molar refractivity (Wildman–Crippen MR) is 83.9 cm³/mol. The Bertz CT molecular complexity index is 516. The van der Waals surface area contributed by atoms with Gasteiger partial charge in [-0.1, -0.05) is 0 Å². The van der Waals surface area contributed by atoms with Crippen LogP contribution in [0.15, 0.2) is 24.3 Å². The van der Waals surface area contributed by atoms with E-state index in [4.69, 9.17) is 9.84 Å². The molecule has 5 nitrogen and oxygen atoms in total. The van der Waals surface area contributed by atoms with E-state index in [-0.39, 0.29) is 23.8 Å². The van der Waals surface area contributed by atoms with Crippen LogP contribution in [0.2, 0.25) is 0 Å². The fraction of sp³-hybridized carbons (Fsp3) is 0.529. The molecule has 0 bridgehead atoms. The van der Waals surface area contributed by atoms with Crippen molar-refractivity contribution < 1.29 is 19.4 Å². The number of amides is 1. The van der Waals surface area contributed by atoms with Gasteiger partial charge in [0.2, 0.25) is 5.91 Å². The first-order valence-electron chi connectivity index (χ1n) is 7.76. The summed E-state index contributed by atoms with van der Waals surface area (Å²) < 4.78 is 5.56. The lowest BCUT2D eigenvalue weighted by molar-refractivity contribution is -0.143. The van der Waals surface area contributed by atoms with Crippen molar-refractivity contribution in [3.05, 3.63) is 24.3 Å². The molecule has 5 heteroatoms. The molecule has 0 atom stereocenters. The maximum atomic E-state index is 12.2. The zero-order valence-electron chi connectivity index (χ0n) is 13.0. The van der Waals surface area contributed by atoms with Crippen molar-refractivity contribution in [1.29, 1.82) is 0 Å². The van der Waals surface area contributed by atoms with Gasteiger partial charge in [0, 0.05) is 11.6 Å². The first-order valence-corrected chi connectivity index (χ1v) is 7.76. The maximum absolute atomic E-state index is 12.2. The number of hydrogen-bond donors (Lipinski definition) is 2. The van der Waals surface area contributed by atoms with Crippen LogP contribution in [-0.4, -0.2) is 23.1 Å². The molecule has 0 spiro atoms. The SMILES string of the molecule is CC(C)Oc1ccc(NC(=O)C2CCC(C(=O)O)CC2)cc1.